The van der Waals surface area contributed by atoms with Gasteiger partial charge in [0.25, 0.3) is 5.91 Å². The van der Waals surface area contributed by atoms with Gasteiger partial charge in [-0.3, -0.25) is 4.79 Å². The number of rotatable bonds is 3. The molecule has 0 spiro atoms. The van der Waals surface area contributed by atoms with Crippen molar-refractivity contribution < 1.29 is 14.7 Å². The van der Waals surface area contributed by atoms with E-state index in [0.29, 0.717) is 10.6 Å². The Morgan fingerprint density at radius 3 is 2.47 bits per heavy atom. The Morgan fingerprint density at radius 1 is 1.26 bits per heavy atom. The number of amides is 1. The van der Waals surface area contributed by atoms with Crippen LogP contribution in [-0.4, -0.2) is 17.0 Å². The zero-order chi connectivity index (χ0) is 14.0. The lowest BCUT2D eigenvalue weighted by Gasteiger charge is -2.04. The number of benzene rings is 1. The number of aryl methyl sites for hydroxylation is 1. The predicted molar refractivity (Wildman–Crippen MR) is 83.1 cm³/mol. The first kappa shape index (κ1) is 14.0. The zero-order valence-electron chi connectivity index (χ0n) is 9.94. The summed E-state index contributed by atoms with van der Waals surface area (Å²) >= 11 is 3.41. The van der Waals surface area contributed by atoms with E-state index >= 15 is 0 Å². The molecular formula is C13H10INO3S. The molecule has 0 aliphatic rings. The molecule has 0 aliphatic carbocycles. The fourth-order valence-electron chi connectivity index (χ4n) is 1.54. The highest BCUT2D eigenvalue weighted by Gasteiger charge is 2.16. The quantitative estimate of drug-likeness (QED) is 0.791. The molecule has 2 N–H and O–H groups in total. The van der Waals surface area contributed by atoms with Gasteiger partial charge >= 0.3 is 5.97 Å². The Morgan fingerprint density at radius 2 is 1.89 bits per heavy atom. The minimum absolute atomic E-state index is 0.126. The monoisotopic (exact) mass is 387 g/mol. The molecule has 1 heterocycles. The van der Waals surface area contributed by atoms with Crippen molar-refractivity contribution in [3.63, 3.8) is 0 Å². The number of aromatic carboxylic acids is 1. The molecule has 6 heteroatoms. The number of carboxylic acids is 1. The molecule has 0 radical (unpaired) electrons. The zero-order valence-corrected chi connectivity index (χ0v) is 12.9. The van der Waals surface area contributed by atoms with Crippen molar-refractivity contribution in [3.8, 4) is 0 Å². The van der Waals surface area contributed by atoms with E-state index in [1.807, 2.05) is 12.1 Å². The van der Waals surface area contributed by atoms with E-state index in [4.69, 9.17) is 5.11 Å². The van der Waals surface area contributed by atoms with Gasteiger partial charge in [0.2, 0.25) is 0 Å². The molecule has 0 saturated carbocycles. The lowest BCUT2D eigenvalue weighted by atomic mass is 10.2. The van der Waals surface area contributed by atoms with Crippen molar-refractivity contribution in [1.82, 2.24) is 0 Å². The van der Waals surface area contributed by atoms with Crippen molar-refractivity contribution >= 4 is 50.8 Å². The molecule has 98 valence electrons. The molecular weight excluding hydrogens is 377 g/mol. The van der Waals surface area contributed by atoms with Crippen LogP contribution in [0.15, 0.2) is 30.3 Å². The van der Waals surface area contributed by atoms with Gasteiger partial charge in [-0.2, -0.15) is 0 Å². The first-order valence-electron chi connectivity index (χ1n) is 5.38. The Labute approximate surface area is 127 Å². The number of carboxylic acid groups (broad SMARTS) is 1. The molecule has 2 aromatic rings. The van der Waals surface area contributed by atoms with Gasteiger partial charge in [0, 0.05) is 14.0 Å². The van der Waals surface area contributed by atoms with E-state index in [0.717, 1.165) is 8.45 Å². The summed E-state index contributed by atoms with van der Waals surface area (Å²) in [6.45, 7) is 1.80. The Kier molecular flexibility index (Phi) is 4.20. The summed E-state index contributed by atoms with van der Waals surface area (Å²) < 4.78 is 1.03. The van der Waals surface area contributed by atoms with E-state index in [-0.39, 0.29) is 11.5 Å². The molecule has 2 rings (SSSR count). The van der Waals surface area contributed by atoms with Gasteiger partial charge in [-0.05, 0) is 59.8 Å². The smallest absolute Gasteiger partial charge is 0.338 e. The van der Waals surface area contributed by atoms with Crippen molar-refractivity contribution in [2.75, 3.05) is 5.32 Å². The molecule has 0 unspecified atom stereocenters. The lowest BCUT2D eigenvalue weighted by Crippen LogP contribution is -2.13. The second-order valence-corrected chi connectivity index (χ2v) is 6.37. The summed E-state index contributed by atoms with van der Waals surface area (Å²) in [5, 5.41) is 12.1. The van der Waals surface area contributed by atoms with Crippen LogP contribution < -0.4 is 5.32 Å². The third-order valence-electron chi connectivity index (χ3n) is 2.42. The number of hydrogen-bond acceptors (Lipinski definition) is 3. The highest BCUT2D eigenvalue weighted by Crippen LogP contribution is 2.28. The van der Waals surface area contributed by atoms with Gasteiger partial charge < -0.3 is 10.4 Å². The number of nitrogens with one attached hydrogen (secondary N) is 1. The molecule has 1 amide bonds. The number of thiophene rings is 1. The molecule has 1 aromatic carbocycles. The summed E-state index contributed by atoms with van der Waals surface area (Å²) in [6.07, 6.45) is 0. The van der Waals surface area contributed by atoms with Crippen LogP contribution in [0.4, 0.5) is 5.00 Å². The summed E-state index contributed by atoms with van der Waals surface area (Å²) in [7, 11) is 0. The summed E-state index contributed by atoms with van der Waals surface area (Å²) in [4.78, 5) is 23.9. The third-order valence-corrected chi connectivity index (χ3v) is 4.10. The van der Waals surface area contributed by atoms with Gasteiger partial charge in [-0.1, -0.05) is 0 Å². The predicted octanol–water partition coefficient (Wildman–Crippen LogP) is 3.61. The van der Waals surface area contributed by atoms with Crippen LogP contribution in [0.5, 0.6) is 0 Å². The second kappa shape index (κ2) is 5.70. The molecule has 19 heavy (non-hydrogen) atoms. The standard InChI is InChI=1S/C13H10INO3S/c1-7-6-10(13(17)18)12(19-7)15-11(16)8-2-4-9(14)5-3-8/h2-6H,1H3,(H,15,16)(H,17,18). The molecule has 0 aliphatic heterocycles. The normalized spacial score (nSPS) is 10.2. The van der Waals surface area contributed by atoms with Gasteiger partial charge in [0.15, 0.2) is 0 Å². The number of halogens is 1. The minimum atomic E-state index is -1.04. The number of hydrogen-bond donors (Lipinski definition) is 2. The lowest BCUT2D eigenvalue weighted by molar-refractivity contribution is 0.0698. The summed E-state index contributed by atoms with van der Waals surface area (Å²) in [6, 6.07) is 8.62. The van der Waals surface area contributed by atoms with E-state index in [9.17, 15) is 9.59 Å². The molecule has 0 saturated heterocycles. The molecule has 0 fully saturated rings. The third kappa shape index (κ3) is 3.32. The number of carbonyl (C=O) groups is 2. The van der Waals surface area contributed by atoms with E-state index in [1.165, 1.54) is 11.3 Å². The first-order valence-corrected chi connectivity index (χ1v) is 7.27. The van der Waals surface area contributed by atoms with Crippen LogP contribution in [0.3, 0.4) is 0 Å². The average Bonchev–Trinajstić information content (AvgIpc) is 2.71. The maximum Gasteiger partial charge on any atom is 0.338 e. The van der Waals surface area contributed by atoms with Crippen molar-refractivity contribution in [3.05, 3.63) is 49.9 Å². The average molecular weight is 387 g/mol. The van der Waals surface area contributed by atoms with Crippen LogP contribution in [0, 0.1) is 10.5 Å². The van der Waals surface area contributed by atoms with Crippen molar-refractivity contribution in [2.45, 2.75) is 6.92 Å². The highest BCUT2D eigenvalue weighted by molar-refractivity contribution is 14.1. The maximum absolute atomic E-state index is 12.0. The maximum atomic E-state index is 12.0. The van der Waals surface area contributed by atoms with Crippen LogP contribution >= 0.6 is 33.9 Å². The second-order valence-electron chi connectivity index (χ2n) is 3.87. The van der Waals surface area contributed by atoms with E-state index in [1.54, 1.807) is 25.1 Å². The molecule has 4 nitrogen and oxygen atoms in total. The van der Waals surface area contributed by atoms with Crippen molar-refractivity contribution in [1.29, 1.82) is 0 Å². The topological polar surface area (TPSA) is 66.4 Å². The van der Waals surface area contributed by atoms with Gasteiger partial charge in [-0.15, -0.1) is 11.3 Å². The van der Waals surface area contributed by atoms with Crippen LogP contribution in [0.25, 0.3) is 0 Å². The fraction of sp³-hybridized carbons (Fsp3) is 0.0769. The van der Waals surface area contributed by atoms with Gasteiger partial charge in [0.1, 0.15) is 5.00 Å². The van der Waals surface area contributed by atoms with E-state index in [2.05, 4.69) is 27.9 Å². The largest absolute Gasteiger partial charge is 0.478 e. The van der Waals surface area contributed by atoms with Gasteiger partial charge in [-0.25, -0.2) is 4.79 Å². The number of anilines is 1. The minimum Gasteiger partial charge on any atom is -0.478 e. The number of carbonyl (C=O) groups excluding carboxylic acids is 1. The molecule has 1 aromatic heterocycles. The van der Waals surface area contributed by atoms with Gasteiger partial charge in [0.05, 0.1) is 5.56 Å². The SMILES string of the molecule is Cc1cc(C(=O)O)c(NC(=O)c2ccc(I)cc2)s1. The van der Waals surface area contributed by atoms with E-state index < -0.39 is 5.97 Å². The molecule has 0 atom stereocenters. The summed E-state index contributed by atoms with van der Waals surface area (Å²) in [5.74, 6) is -1.34. The van der Waals surface area contributed by atoms with Crippen LogP contribution in [-0.2, 0) is 0 Å². The summed E-state index contributed by atoms with van der Waals surface area (Å²) in [5.41, 5.74) is 0.629. The Balaban J connectivity index is 2.24. The fourth-order valence-corrected chi connectivity index (χ4v) is 2.80. The molecule has 0 bridgehead atoms. The van der Waals surface area contributed by atoms with Crippen LogP contribution in [0.2, 0.25) is 0 Å². The highest BCUT2D eigenvalue weighted by atomic mass is 127. The van der Waals surface area contributed by atoms with Crippen molar-refractivity contribution in [2.24, 2.45) is 0 Å². The first-order chi connectivity index (χ1) is 8.97. The van der Waals surface area contributed by atoms with Crippen LogP contribution in [0.1, 0.15) is 25.6 Å². The Bertz CT molecular complexity index is 634. The Hall–Kier alpha value is -1.41.